The summed E-state index contributed by atoms with van der Waals surface area (Å²) in [6, 6.07) is 18.9. The Hall–Kier alpha value is -4.17. The van der Waals surface area contributed by atoms with Gasteiger partial charge in [-0.2, -0.15) is 0 Å². The van der Waals surface area contributed by atoms with Crippen molar-refractivity contribution in [1.82, 2.24) is 4.98 Å². The molecule has 1 aliphatic rings. The lowest BCUT2D eigenvalue weighted by Crippen LogP contribution is -2.29. The van der Waals surface area contributed by atoms with Gasteiger partial charge in [0.2, 0.25) is 0 Å². The molecule has 7 nitrogen and oxygen atoms in total. The van der Waals surface area contributed by atoms with E-state index in [-0.39, 0.29) is 11.3 Å². The molecule has 1 N–H and O–H groups in total. The number of anilines is 1. The molecule has 1 aliphatic heterocycles. The molecule has 3 aromatic carbocycles. The summed E-state index contributed by atoms with van der Waals surface area (Å²) < 4.78 is 11.9. The number of aliphatic hydroxyl groups is 1. The Morgan fingerprint density at radius 3 is 2.37 bits per heavy atom. The van der Waals surface area contributed by atoms with E-state index in [1.807, 2.05) is 25.1 Å². The van der Waals surface area contributed by atoms with Crippen molar-refractivity contribution in [3.63, 3.8) is 0 Å². The molecule has 1 fully saturated rings. The lowest BCUT2D eigenvalue weighted by Gasteiger charge is -2.23. The molecule has 0 radical (unpaired) electrons. The van der Waals surface area contributed by atoms with Gasteiger partial charge in [-0.05, 0) is 72.5 Å². The topological polar surface area (TPSA) is 89.0 Å². The van der Waals surface area contributed by atoms with Gasteiger partial charge in [0.1, 0.15) is 17.3 Å². The molecule has 0 bridgehead atoms. The van der Waals surface area contributed by atoms with Gasteiger partial charge in [0.25, 0.3) is 5.78 Å². The highest BCUT2D eigenvalue weighted by atomic mass is 32.1. The molecule has 8 heteroatoms. The van der Waals surface area contributed by atoms with E-state index in [0.29, 0.717) is 40.3 Å². The van der Waals surface area contributed by atoms with E-state index in [1.165, 1.54) is 16.2 Å². The number of methoxy groups -OCH3 is 1. The van der Waals surface area contributed by atoms with Crippen molar-refractivity contribution in [2.45, 2.75) is 26.8 Å². The minimum absolute atomic E-state index is 0.00597. The first-order chi connectivity index (χ1) is 18.3. The Kier molecular flexibility index (Phi) is 6.91. The van der Waals surface area contributed by atoms with Crippen LogP contribution in [0.15, 0.2) is 72.3 Å². The number of ether oxygens (including phenoxy) is 2. The van der Waals surface area contributed by atoms with Crippen LogP contribution in [-0.2, 0) is 9.59 Å². The van der Waals surface area contributed by atoms with Gasteiger partial charge in [-0.15, -0.1) is 0 Å². The fraction of sp³-hybridized carbons (Fsp3) is 0.233. The zero-order chi connectivity index (χ0) is 27.0. The van der Waals surface area contributed by atoms with Crippen LogP contribution >= 0.6 is 11.3 Å². The number of aromatic nitrogens is 1. The van der Waals surface area contributed by atoms with E-state index in [1.54, 1.807) is 55.6 Å². The van der Waals surface area contributed by atoms with Crippen molar-refractivity contribution < 1.29 is 24.2 Å². The minimum atomic E-state index is -0.862. The maximum absolute atomic E-state index is 13.5. The van der Waals surface area contributed by atoms with E-state index < -0.39 is 17.7 Å². The molecule has 194 valence electrons. The van der Waals surface area contributed by atoms with E-state index >= 15 is 0 Å². The molecule has 1 saturated heterocycles. The zero-order valence-corrected chi connectivity index (χ0v) is 22.4. The number of fused-ring (bicyclic) bond motifs is 1. The molecule has 1 amide bonds. The Bertz CT molecular complexity index is 1540. The van der Waals surface area contributed by atoms with Crippen LogP contribution in [0, 0.1) is 12.8 Å². The number of rotatable bonds is 7. The Morgan fingerprint density at radius 2 is 1.71 bits per heavy atom. The summed E-state index contributed by atoms with van der Waals surface area (Å²) in [5.41, 5.74) is 2.88. The third-order valence-corrected chi connectivity index (χ3v) is 7.34. The summed E-state index contributed by atoms with van der Waals surface area (Å²) in [5, 5.41) is 11.8. The number of Topliss-reactive ketones (excluding diaryl/α,β-unsaturated/α-hetero) is 1. The molecule has 1 unspecified atom stereocenters. The summed E-state index contributed by atoms with van der Waals surface area (Å²) in [7, 11) is 1.57. The van der Waals surface area contributed by atoms with E-state index in [0.717, 1.165) is 15.8 Å². The number of benzene rings is 3. The summed E-state index contributed by atoms with van der Waals surface area (Å²) in [5.74, 6) is -0.0849. The second kappa shape index (κ2) is 10.3. The maximum Gasteiger partial charge on any atom is 0.301 e. The molecule has 38 heavy (non-hydrogen) atoms. The van der Waals surface area contributed by atoms with Crippen LogP contribution in [0.5, 0.6) is 11.5 Å². The van der Waals surface area contributed by atoms with Crippen LogP contribution in [0.25, 0.3) is 16.0 Å². The average Bonchev–Trinajstić information content (AvgIpc) is 3.44. The number of carbonyl (C=O) groups is 2. The van der Waals surface area contributed by atoms with Gasteiger partial charge in [0.05, 0.1) is 35.5 Å². The smallest absolute Gasteiger partial charge is 0.301 e. The van der Waals surface area contributed by atoms with E-state index in [2.05, 4.69) is 18.8 Å². The number of amides is 1. The van der Waals surface area contributed by atoms with E-state index in [9.17, 15) is 14.7 Å². The second-order valence-electron chi connectivity index (χ2n) is 9.64. The highest BCUT2D eigenvalue weighted by Gasteiger charge is 2.48. The van der Waals surface area contributed by atoms with Gasteiger partial charge in [-0.3, -0.25) is 14.5 Å². The molecule has 2 heterocycles. The number of hydrogen-bond donors (Lipinski definition) is 1. The Morgan fingerprint density at radius 1 is 1.03 bits per heavy atom. The molecule has 0 aliphatic carbocycles. The van der Waals surface area contributed by atoms with Crippen molar-refractivity contribution in [1.29, 1.82) is 0 Å². The Labute approximate surface area is 225 Å². The van der Waals surface area contributed by atoms with Crippen LogP contribution in [-0.4, -0.2) is 35.5 Å². The zero-order valence-electron chi connectivity index (χ0n) is 21.6. The molecule has 4 aromatic rings. The number of carbonyl (C=O) groups excluding carboxylic acids is 2. The quantitative estimate of drug-likeness (QED) is 0.173. The minimum Gasteiger partial charge on any atom is -0.507 e. The highest BCUT2D eigenvalue weighted by Crippen LogP contribution is 2.44. The predicted octanol–water partition coefficient (Wildman–Crippen LogP) is 6.27. The number of thiazole rings is 1. The van der Waals surface area contributed by atoms with Gasteiger partial charge in [-0.1, -0.05) is 43.4 Å². The third-order valence-electron chi connectivity index (χ3n) is 6.33. The molecular formula is C30H28N2O5S. The van der Waals surface area contributed by atoms with Gasteiger partial charge in [0.15, 0.2) is 5.13 Å². The van der Waals surface area contributed by atoms with Crippen LogP contribution in [0.4, 0.5) is 5.13 Å². The normalized spacial score (nSPS) is 17.0. The van der Waals surface area contributed by atoms with Gasteiger partial charge in [0, 0.05) is 5.56 Å². The van der Waals surface area contributed by atoms with Crippen molar-refractivity contribution in [3.8, 4) is 11.5 Å². The first-order valence-electron chi connectivity index (χ1n) is 12.3. The standard InChI is InChI=1S/C30H28N2O5S/c1-17(2)16-37-22-12-8-20(9-13-22)27(33)25-26(19-6-10-21(36-4)11-7-19)32(29(35)28(25)34)30-31-23-14-5-18(3)15-24(23)38-30/h5-15,17,26,33H,16H2,1-4H3/b27-25+. The van der Waals surface area contributed by atoms with Crippen LogP contribution in [0.2, 0.25) is 0 Å². The molecule has 0 spiro atoms. The summed E-state index contributed by atoms with van der Waals surface area (Å²) in [6.07, 6.45) is 0. The van der Waals surface area contributed by atoms with Crippen molar-refractivity contribution in [3.05, 3.63) is 89.0 Å². The fourth-order valence-electron chi connectivity index (χ4n) is 4.38. The molecule has 1 aromatic heterocycles. The van der Waals surface area contributed by atoms with Crippen LogP contribution < -0.4 is 14.4 Å². The highest BCUT2D eigenvalue weighted by molar-refractivity contribution is 7.22. The summed E-state index contributed by atoms with van der Waals surface area (Å²) in [4.78, 5) is 33.0. The first kappa shape index (κ1) is 25.5. The number of aryl methyl sites for hydroxylation is 1. The second-order valence-corrected chi connectivity index (χ2v) is 10.6. The monoisotopic (exact) mass is 528 g/mol. The predicted molar refractivity (Wildman–Crippen MR) is 149 cm³/mol. The fourth-order valence-corrected chi connectivity index (χ4v) is 5.47. The Balaban J connectivity index is 1.62. The van der Waals surface area contributed by atoms with Crippen LogP contribution in [0.1, 0.15) is 36.6 Å². The van der Waals surface area contributed by atoms with Crippen molar-refractivity contribution >= 4 is 44.1 Å². The lowest BCUT2D eigenvalue weighted by molar-refractivity contribution is -0.132. The van der Waals surface area contributed by atoms with Gasteiger partial charge in [-0.25, -0.2) is 4.98 Å². The molecule has 5 rings (SSSR count). The maximum atomic E-state index is 13.5. The first-order valence-corrected chi connectivity index (χ1v) is 13.1. The lowest BCUT2D eigenvalue weighted by atomic mass is 9.95. The molecular weight excluding hydrogens is 500 g/mol. The van der Waals surface area contributed by atoms with Crippen molar-refractivity contribution in [2.75, 3.05) is 18.6 Å². The number of ketones is 1. The van der Waals surface area contributed by atoms with Gasteiger partial charge >= 0.3 is 5.91 Å². The van der Waals surface area contributed by atoms with Gasteiger partial charge < -0.3 is 14.6 Å². The third kappa shape index (κ3) is 4.75. The number of hydrogen-bond acceptors (Lipinski definition) is 7. The van der Waals surface area contributed by atoms with Crippen molar-refractivity contribution in [2.24, 2.45) is 5.92 Å². The average molecular weight is 529 g/mol. The van der Waals surface area contributed by atoms with E-state index in [4.69, 9.17) is 9.47 Å². The number of aliphatic hydroxyl groups excluding tert-OH is 1. The number of nitrogens with zero attached hydrogens (tertiary/aromatic N) is 2. The SMILES string of the molecule is COc1ccc(C2/C(=C(\O)c3ccc(OCC(C)C)cc3)C(=O)C(=O)N2c2nc3ccc(C)cc3s2)cc1. The summed E-state index contributed by atoms with van der Waals surface area (Å²) in [6.45, 7) is 6.67. The molecule has 0 saturated carbocycles. The largest absolute Gasteiger partial charge is 0.507 e. The summed E-state index contributed by atoms with van der Waals surface area (Å²) >= 11 is 1.34. The van der Waals surface area contributed by atoms with Crippen LogP contribution in [0.3, 0.4) is 0 Å². The molecule has 1 atom stereocenters.